The highest BCUT2D eigenvalue weighted by Gasteiger charge is 2.39. The number of carbonyl (C=O) groups is 1. The van der Waals surface area contributed by atoms with Gasteiger partial charge in [-0.15, -0.1) is 0 Å². The predicted molar refractivity (Wildman–Crippen MR) is 99.4 cm³/mol. The fraction of sp³-hybridized carbons (Fsp3) is 0.667. The lowest BCUT2D eigenvalue weighted by Crippen LogP contribution is -2.52. The quantitative estimate of drug-likeness (QED) is 0.780. The number of likely N-dealkylation sites (tertiary alicyclic amines) is 2. The average molecular weight is 329 g/mol. The van der Waals surface area contributed by atoms with E-state index in [-0.39, 0.29) is 11.3 Å². The van der Waals surface area contributed by atoms with Gasteiger partial charge in [0.1, 0.15) is 0 Å². The highest BCUT2D eigenvalue weighted by atomic mass is 16.2. The van der Waals surface area contributed by atoms with Crippen LogP contribution >= 0.6 is 0 Å². The van der Waals surface area contributed by atoms with E-state index >= 15 is 0 Å². The van der Waals surface area contributed by atoms with E-state index < -0.39 is 0 Å². The second-order valence-electron chi connectivity index (χ2n) is 9.00. The molecule has 0 saturated carbocycles. The molecule has 1 amide bonds. The Bertz CT molecular complexity index is 583. The first-order valence-corrected chi connectivity index (χ1v) is 9.38. The first-order valence-electron chi connectivity index (χ1n) is 9.38. The first kappa shape index (κ1) is 17.5. The maximum absolute atomic E-state index is 13.0. The molecule has 1 aromatic rings. The SMILES string of the molecule is CN1CCCC2(CCCN(C(=O)c3ccc(C(C)(C)C)cc3)C2)C1. The molecule has 0 aromatic heterocycles. The van der Waals surface area contributed by atoms with Crippen molar-refractivity contribution in [3.8, 4) is 0 Å². The lowest BCUT2D eigenvalue weighted by Gasteiger charge is -2.47. The lowest BCUT2D eigenvalue weighted by molar-refractivity contribution is 0.0206. The van der Waals surface area contributed by atoms with E-state index in [1.807, 2.05) is 12.1 Å². The minimum absolute atomic E-state index is 0.128. The number of piperidine rings is 2. The molecule has 1 aromatic carbocycles. The summed E-state index contributed by atoms with van der Waals surface area (Å²) in [6, 6.07) is 8.25. The zero-order valence-electron chi connectivity index (χ0n) is 15.8. The van der Waals surface area contributed by atoms with Gasteiger partial charge in [-0.05, 0) is 62.4 Å². The van der Waals surface area contributed by atoms with Crippen LogP contribution in [0.4, 0.5) is 0 Å². The summed E-state index contributed by atoms with van der Waals surface area (Å²) in [7, 11) is 2.22. The van der Waals surface area contributed by atoms with Gasteiger partial charge in [0.15, 0.2) is 0 Å². The third-order valence-corrected chi connectivity index (χ3v) is 5.80. The van der Waals surface area contributed by atoms with Crippen molar-refractivity contribution in [1.82, 2.24) is 9.80 Å². The molecule has 2 aliphatic rings. The minimum Gasteiger partial charge on any atom is -0.338 e. The standard InChI is InChI=1S/C21H32N2O/c1-20(2,3)18-9-7-17(8-10-18)19(24)23-14-6-12-21(16-23)11-5-13-22(4)15-21/h7-10H,5-6,11-16H2,1-4H3. The van der Waals surface area contributed by atoms with E-state index in [1.54, 1.807) is 0 Å². The van der Waals surface area contributed by atoms with Gasteiger partial charge in [0, 0.05) is 30.6 Å². The molecule has 132 valence electrons. The van der Waals surface area contributed by atoms with Gasteiger partial charge in [0.25, 0.3) is 5.91 Å². The number of hydrogen-bond acceptors (Lipinski definition) is 2. The second-order valence-corrected chi connectivity index (χ2v) is 9.00. The van der Waals surface area contributed by atoms with Crippen molar-refractivity contribution in [3.05, 3.63) is 35.4 Å². The van der Waals surface area contributed by atoms with E-state index in [9.17, 15) is 4.79 Å². The Morgan fingerprint density at radius 2 is 1.62 bits per heavy atom. The van der Waals surface area contributed by atoms with Gasteiger partial charge < -0.3 is 9.80 Å². The van der Waals surface area contributed by atoms with Crippen LogP contribution in [0.5, 0.6) is 0 Å². The molecule has 0 bridgehead atoms. The normalized spacial score (nSPS) is 25.9. The Kier molecular flexibility index (Phi) is 4.74. The Balaban J connectivity index is 1.72. The topological polar surface area (TPSA) is 23.6 Å². The Labute approximate surface area is 147 Å². The summed E-state index contributed by atoms with van der Waals surface area (Å²) >= 11 is 0. The smallest absolute Gasteiger partial charge is 0.253 e. The van der Waals surface area contributed by atoms with Crippen LogP contribution in [-0.2, 0) is 5.41 Å². The highest BCUT2D eigenvalue weighted by Crippen LogP contribution is 2.38. The number of hydrogen-bond donors (Lipinski definition) is 0. The van der Waals surface area contributed by atoms with Crippen LogP contribution in [0.25, 0.3) is 0 Å². The maximum atomic E-state index is 13.0. The van der Waals surface area contributed by atoms with Crippen LogP contribution in [0.2, 0.25) is 0 Å². The van der Waals surface area contributed by atoms with Crippen molar-refractivity contribution >= 4 is 5.91 Å². The molecule has 3 rings (SSSR count). The molecule has 3 nitrogen and oxygen atoms in total. The summed E-state index contributed by atoms with van der Waals surface area (Å²) in [5.41, 5.74) is 2.57. The minimum atomic E-state index is 0.128. The highest BCUT2D eigenvalue weighted by molar-refractivity contribution is 5.94. The van der Waals surface area contributed by atoms with Gasteiger partial charge in [0.2, 0.25) is 0 Å². The number of benzene rings is 1. The Morgan fingerprint density at radius 1 is 1.00 bits per heavy atom. The molecule has 1 unspecified atom stereocenters. The van der Waals surface area contributed by atoms with Crippen molar-refractivity contribution in [2.75, 3.05) is 33.2 Å². The molecule has 0 aliphatic carbocycles. The number of carbonyl (C=O) groups excluding carboxylic acids is 1. The number of amides is 1. The van der Waals surface area contributed by atoms with Gasteiger partial charge in [0.05, 0.1) is 0 Å². The fourth-order valence-corrected chi connectivity index (χ4v) is 4.46. The molecule has 1 spiro atoms. The average Bonchev–Trinajstić information content (AvgIpc) is 2.53. The van der Waals surface area contributed by atoms with E-state index in [2.05, 4.69) is 49.8 Å². The molecule has 24 heavy (non-hydrogen) atoms. The summed E-state index contributed by atoms with van der Waals surface area (Å²) in [6.07, 6.45) is 4.94. The second kappa shape index (κ2) is 6.51. The van der Waals surface area contributed by atoms with Crippen LogP contribution in [0.15, 0.2) is 24.3 Å². The molecule has 0 N–H and O–H groups in total. The number of rotatable bonds is 1. The van der Waals surface area contributed by atoms with Gasteiger partial charge in [-0.25, -0.2) is 0 Å². The zero-order chi connectivity index (χ0) is 17.4. The summed E-state index contributed by atoms with van der Waals surface area (Å²) in [4.78, 5) is 17.5. The van der Waals surface area contributed by atoms with Gasteiger partial charge >= 0.3 is 0 Å². The van der Waals surface area contributed by atoms with E-state index in [0.29, 0.717) is 5.41 Å². The van der Waals surface area contributed by atoms with Gasteiger partial charge in [-0.3, -0.25) is 4.79 Å². The molecular formula is C21H32N2O. The maximum Gasteiger partial charge on any atom is 0.253 e. The molecule has 1 atom stereocenters. The van der Waals surface area contributed by atoms with E-state index in [1.165, 1.54) is 31.4 Å². The zero-order valence-corrected chi connectivity index (χ0v) is 15.8. The van der Waals surface area contributed by atoms with E-state index in [4.69, 9.17) is 0 Å². The molecule has 2 saturated heterocycles. The monoisotopic (exact) mass is 328 g/mol. The van der Waals surface area contributed by atoms with Crippen molar-refractivity contribution in [1.29, 1.82) is 0 Å². The number of nitrogens with zero attached hydrogens (tertiary/aromatic N) is 2. The summed E-state index contributed by atoms with van der Waals surface area (Å²) in [6.45, 7) is 10.8. The van der Waals surface area contributed by atoms with Crippen LogP contribution in [-0.4, -0.2) is 48.9 Å². The summed E-state index contributed by atoms with van der Waals surface area (Å²) < 4.78 is 0. The summed E-state index contributed by atoms with van der Waals surface area (Å²) in [5, 5.41) is 0. The largest absolute Gasteiger partial charge is 0.338 e. The first-order chi connectivity index (χ1) is 11.3. The predicted octanol–water partition coefficient (Wildman–Crippen LogP) is 3.93. The van der Waals surface area contributed by atoms with Crippen molar-refractivity contribution in [3.63, 3.8) is 0 Å². The summed E-state index contributed by atoms with van der Waals surface area (Å²) in [5.74, 6) is 0.211. The van der Waals surface area contributed by atoms with Crippen LogP contribution in [0, 0.1) is 5.41 Å². The van der Waals surface area contributed by atoms with Gasteiger partial charge in [-0.2, -0.15) is 0 Å². The van der Waals surface area contributed by atoms with Crippen molar-refractivity contribution in [2.45, 2.75) is 51.9 Å². The lowest BCUT2D eigenvalue weighted by atomic mass is 9.74. The van der Waals surface area contributed by atoms with Crippen molar-refractivity contribution in [2.24, 2.45) is 5.41 Å². The molecule has 2 heterocycles. The van der Waals surface area contributed by atoms with Crippen LogP contribution < -0.4 is 0 Å². The molecule has 0 radical (unpaired) electrons. The third-order valence-electron chi connectivity index (χ3n) is 5.80. The van der Waals surface area contributed by atoms with Crippen LogP contribution in [0.1, 0.15) is 62.4 Å². The fourth-order valence-electron chi connectivity index (χ4n) is 4.46. The Morgan fingerprint density at radius 3 is 2.21 bits per heavy atom. The molecular weight excluding hydrogens is 296 g/mol. The molecule has 2 fully saturated rings. The van der Waals surface area contributed by atoms with Gasteiger partial charge in [-0.1, -0.05) is 32.9 Å². The van der Waals surface area contributed by atoms with Crippen molar-refractivity contribution < 1.29 is 4.79 Å². The van der Waals surface area contributed by atoms with E-state index in [0.717, 1.165) is 31.6 Å². The third kappa shape index (κ3) is 3.66. The molecule has 3 heteroatoms. The van der Waals surface area contributed by atoms with Crippen LogP contribution in [0.3, 0.4) is 0 Å². The Hall–Kier alpha value is -1.35. The molecule has 2 aliphatic heterocycles.